The summed E-state index contributed by atoms with van der Waals surface area (Å²) in [7, 11) is 4.54. The van der Waals surface area contributed by atoms with E-state index in [1.165, 1.54) is 34.1 Å². The summed E-state index contributed by atoms with van der Waals surface area (Å²) in [5.74, 6) is 4.10. The summed E-state index contributed by atoms with van der Waals surface area (Å²) in [6.07, 6.45) is 1.48. The Morgan fingerprint density at radius 1 is 0.694 bits per heavy atom. The molecule has 0 aliphatic heterocycles. The molecule has 7 rings (SSSR count). The third-order valence-corrected chi connectivity index (χ3v) is 11.3. The molecule has 72 heavy (non-hydrogen) atoms. The highest BCUT2D eigenvalue weighted by molar-refractivity contribution is 6.37. The number of hydrogen-bond acceptors (Lipinski definition) is 17. The number of benzene rings is 4. The summed E-state index contributed by atoms with van der Waals surface area (Å²) in [5.41, 5.74) is 8.84. The van der Waals surface area contributed by atoms with E-state index in [1.807, 2.05) is 26.0 Å². The second-order valence-electron chi connectivity index (χ2n) is 17.1. The largest absolute Gasteiger partial charge is 0.507 e. The van der Waals surface area contributed by atoms with E-state index in [2.05, 4.69) is 53.2 Å². The number of ether oxygens (including phenoxy) is 4. The predicted octanol–water partition coefficient (Wildman–Crippen LogP) is 12.4. The molecular weight excluding hydrogens is 993 g/mol. The number of halogens is 3. The van der Waals surface area contributed by atoms with Gasteiger partial charge < -0.3 is 48.7 Å². The minimum absolute atomic E-state index is 0.0431. The zero-order valence-electron chi connectivity index (χ0n) is 41.8. The standard InChI is InChI=1S/C18H20ClNO4.C18H18ClNO3.C9H10ClNO2.C7H10N2O3/c1-10(2)7-12-8-15(20-24-12)16(22)9-14-13(11(3)21)5-6-17(23-4)18(14)19;1-10(2)6-12-9-15(20-23-12)11-7-14-13(16(21)8-11)4-5-17(22-3)18(14)19;1-5(12)6-3-4-7(13-2)8(10)9(6)11;1-5(2)8-6-3-7(9-12-6)11-4-10/h5-6,8,10H,7,9H2,1-4H3;4-5,7-10,21H,6H2,1-3H3;3-4H,11H2,1-2H3;3-5,8H,1-2H3. The molecule has 0 fully saturated rings. The Hall–Kier alpha value is -7.08. The maximum absolute atomic E-state index is 12.5. The van der Waals surface area contributed by atoms with E-state index in [9.17, 15) is 24.3 Å². The van der Waals surface area contributed by atoms with Gasteiger partial charge in [0.25, 0.3) is 12.4 Å². The number of ketones is 3. The van der Waals surface area contributed by atoms with Gasteiger partial charge in [-0.2, -0.15) is 0 Å². The monoisotopic (exact) mass is 1050 g/mol. The number of anilines is 2. The number of carbonyl (C=O) groups excluding carboxylic acids is 4. The maximum atomic E-state index is 12.5. The summed E-state index contributed by atoms with van der Waals surface area (Å²) in [4.78, 5) is 45.2. The van der Waals surface area contributed by atoms with Crippen LogP contribution in [-0.2, 0) is 24.1 Å². The van der Waals surface area contributed by atoms with Crippen LogP contribution in [0.4, 0.5) is 11.6 Å². The van der Waals surface area contributed by atoms with Crippen molar-refractivity contribution in [1.29, 1.82) is 0 Å². The minimum Gasteiger partial charge on any atom is -0.507 e. The molecule has 3 aromatic heterocycles. The molecule has 0 bridgehead atoms. The number of phenolic OH excluding ortho intramolecular Hbond substituents is 1. The van der Waals surface area contributed by atoms with Crippen LogP contribution in [0, 0.1) is 11.8 Å². The van der Waals surface area contributed by atoms with Gasteiger partial charge >= 0.3 is 0 Å². The number of hydrogen-bond donors (Lipinski definition) is 3. The van der Waals surface area contributed by atoms with Crippen LogP contribution < -0.4 is 30.0 Å². The molecule has 0 saturated carbocycles. The van der Waals surface area contributed by atoms with E-state index in [1.54, 1.807) is 55.6 Å². The summed E-state index contributed by atoms with van der Waals surface area (Å²) in [6.45, 7) is 15.4. The number of nitrogens with zero attached hydrogens (tertiary/aromatic N) is 3. The first-order chi connectivity index (χ1) is 34.1. The van der Waals surface area contributed by atoms with Crippen molar-refractivity contribution in [3.05, 3.63) is 116 Å². The third kappa shape index (κ3) is 15.7. The molecule has 0 aliphatic carbocycles. The molecule has 0 radical (unpaired) electrons. The molecule has 0 unspecified atom stereocenters. The Bertz CT molecular complexity index is 2980. The molecule has 0 amide bonds. The molecule has 0 atom stereocenters. The lowest BCUT2D eigenvalue weighted by Gasteiger charge is -2.11. The molecule has 7 aromatic rings. The normalized spacial score (nSPS) is 10.7. The number of nitrogens with one attached hydrogen (secondary N) is 1. The average Bonchev–Trinajstić information content (AvgIpc) is 4.10. The van der Waals surface area contributed by atoms with Gasteiger partial charge in [-0.05, 0) is 98.8 Å². The quantitative estimate of drug-likeness (QED) is 0.0436. The van der Waals surface area contributed by atoms with Gasteiger partial charge in [-0.25, -0.2) is 0 Å². The van der Waals surface area contributed by atoms with Gasteiger partial charge in [0, 0.05) is 64.9 Å². The topological polar surface area (TPSA) is 242 Å². The highest BCUT2D eigenvalue weighted by Crippen LogP contribution is 2.40. The Morgan fingerprint density at radius 3 is 1.82 bits per heavy atom. The molecule has 4 N–H and O–H groups in total. The second-order valence-corrected chi connectivity index (χ2v) is 18.3. The summed E-state index contributed by atoms with van der Waals surface area (Å²) in [5, 5.41) is 27.1. The van der Waals surface area contributed by atoms with Crippen LogP contribution in [0.5, 0.6) is 28.9 Å². The maximum Gasteiger partial charge on any atom is 0.299 e. The fraction of sp³-hybridized carbons (Fsp3) is 0.327. The molecule has 384 valence electrons. The summed E-state index contributed by atoms with van der Waals surface area (Å²) >= 11 is 18.5. The van der Waals surface area contributed by atoms with Gasteiger partial charge in [0.2, 0.25) is 5.88 Å². The van der Waals surface area contributed by atoms with Crippen molar-refractivity contribution in [2.24, 2.45) is 11.8 Å². The van der Waals surface area contributed by atoms with Gasteiger partial charge in [0.1, 0.15) is 50.9 Å². The Kier molecular flexibility index (Phi) is 21.5. The molecule has 4 aromatic carbocycles. The fourth-order valence-electron chi connectivity index (χ4n) is 6.82. The van der Waals surface area contributed by atoms with Crippen molar-refractivity contribution in [3.8, 4) is 40.1 Å². The van der Waals surface area contributed by atoms with Crippen molar-refractivity contribution >= 4 is 81.0 Å². The SMILES string of the molecule is CC(C)Nc1cc(OC=O)no1.COc1ccc(C(C)=O)c(CC(=O)c2cc(CC(C)C)on2)c1Cl.COc1ccc(C(C)=O)c(N)c1Cl.COc1ccc2c(O)cc(-c3cc(CC(C)C)on3)cc2c1Cl. The second kappa shape index (κ2) is 26.9. The molecule has 0 spiro atoms. The lowest BCUT2D eigenvalue weighted by atomic mass is 9.98. The lowest BCUT2D eigenvalue weighted by Crippen LogP contribution is -2.09. The van der Waals surface area contributed by atoms with Crippen LogP contribution in [-0.4, -0.2) is 71.8 Å². The molecule has 0 aliphatic rings. The lowest BCUT2D eigenvalue weighted by molar-refractivity contribution is -0.121. The van der Waals surface area contributed by atoms with E-state index >= 15 is 0 Å². The molecule has 0 saturated heterocycles. The number of Topliss-reactive ketones (excluding diaryl/α,β-unsaturated/α-hetero) is 3. The van der Waals surface area contributed by atoms with Gasteiger partial charge in [-0.15, -0.1) is 0 Å². The number of rotatable bonds is 17. The molecular formula is C52H58Cl3N5O12. The number of methoxy groups -OCH3 is 3. The highest BCUT2D eigenvalue weighted by atomic mass is 35.5. The zero-order valence-corrected chi connectivity index (χ0v) is 44.0. The van der Waals surface area contributed by atoms with E-state index in [4.69, 9.17) is 68.3 Å². The Balaban J connectivity index is 0.000000218. The first-order valence-electron chi connectivity index (χ1n) is 22.4. The van der Waals surface area contributed by atoms with Crippen LogP contribution >= 0.6 is 34.8 Å². The van der Waals surface area contributed by atoms with Crippen LogP contribution in [0.15, 0.2) is 80.3 Å². The number of nitrogen functional groups attached to an aromatic ring is 1. The van der Waals surface area contributed by atoms with Gasteiger partial charge in [0.15, 0.2) is 17.3 Å². The Labute approximate surface area is 432 Å². The number of nitrogens with two attached hydrogens (primary N) is 1. The number of phenols is 1. The van der Waals surface area contributed by atoms with E-state index < -0.39 is 0 Å². The minimum atomic E-state index is -0.258. The van der Waals surface area contributed by atoms with Crippen LogP contribution in [0.2, 0.25) is 15.1 Å². The van der Waals surface area contributed by atoms with Crippen LogP contribution in [0.1, 0.15) is 104 Å². The summed E-state index contributed by atoms with van der Waals surface area (Å²) < 4.78 is 35.1. The first kappa shape index (κ1) is 57.5. The first-order valence-corrected chi connectivity index (χ1v) is 23.5. The zero-order chi connectivity index (χ0) is 53.4. The number of aromatic hydroxyl groups is 1. The number of carbonyl (C=O) groups is 4. The van der Waals surface area contributed by atoms with Crippen LogP contribution in [0.3, 0.4) is 0 Å². The highest BCUT2D eigenvalue weighted by Gasteiger charge is 2.22. The van der Waals surface area contributed by atoms with E-state index in [0.717, 1.165) is 23.1 Å². The van der Waals surface area contributed by atoms with Crippen molar-refractivity contribution in [3.63, 3.8) is 0 Å². The van der Waals surface area contributed by atoms with Crippen molar-refractivity contribution in [2.45, 2.75) is 80.7 Å². The van der Waals surface area contributed by atoms with Gasteiger partial charge in [-0.1, -0.05) is 72.8 Å². The van der Waals surface area contributed by atoms with Gasteiger partial charge in [0.05, 0.1) is 43.1 Å². The predicted molar refractivity (Wildman–Crippen MR) is 277 cm³/mol. The smallest absolute Gasteiger partial charge is 0.299 e. The van der Waals surface area contributed by atoms with E-state index in [0.29, 0.717) is 86.4 Å². The molecule has 20 heteroatoms. The fourth-order valence-corrected chi connectivity index (χ4v) is 7.67. The third-order valence-electron chi connectivity index (χ3n) is 10.1. The van der Waals surface area contributed by atoms with Crippen molar-refractivity contribution in [2.75, 3.05) is 32.4 Å². The molecule has 3 heterocycles. The van der Waals surface area contributed by atoms with Gasteiger partial charge in [-0.3, -0.25) is 19.2 Å². The summed E-state index contributed by atoms with van der Waals surface area (Å²) in [6, 6.07) is 18.8. The average molecular weight is 1050 g/mol. The number of fused-ring (bicyclic) bond motifs is 1. The molecule has 17 nitrogen and oxygen atoms in total. The van der Waals surface area contributed by atoms with Crippen molar-refractivity contribution < 1.29 is 56.8 Å². The van der Waals surface area contributed by atoms with Crippen molar-refractivity contribution in [1.82, 2.24) is 15.5 Å². The van der Waals surface area contributed by atoms with E-state index in [-0.39, 0.29) is 62.9 Å². The van der Waals surface area contributed by atoms with Crippen LogP contribution in [0.25, 0.3) is 22.0 Å². The Morgan fingerprint density at radius 2 is 1.25 bits per heavy atom. The number of aromatic nitrogens is 3.